The third-order valence-electron chi connectivity index (χ3n) is 5.14. The molecule has 2 aromatic carbocycles. The maximum absolute atomic E-state index is 14.5. The van der Waals surface area contributed by atoms with Crippen LogP contribution in [-0.2, 0) is 6.54 Å². The first kappa shape index (κ1) is 22.2. The molecule has 8 nitrogen and oxygen atoms in total. The minimum absolute atomic E-state index is 0.0612. The third-order valence-corrected chi connectivity index (χ3v) is 5.37. The summed E-state index contributed by atoms with van der Waals surface area (Å²) in [4.78, 5) is 33.8. The van der Waals surface area contributed by atoms with Gasteiger partial charge in [0.2, 0.25) is 5.95 Å². The van der Waals surface area contributed by atoms with Gasteiger partial charge < -0.3 is 16.4 Å². The van der Waals surface area contributed by atoms with Gasteiger partial charge in [-0.1, -0.05) is 23.7 Å². The molecule has 0 saturated carbocycles. The number of carbonyl (C=O) groups excluding carboxylic acids is 1. The lowest BCUT2D eigenvalue weighted by molar-refractivity contribution is 0.262. The first-order valence-electron chi connectivity index (χ1n) is 10.1. The van der Waals surface area contributed by atoms with E-state index < -0.39 is 11.8 Å². The Bertz CT molecular complexity index is 1450. The van der Waals surface area contributed by atoms with Crippen LogP contribution < -0.4 is 21.9 Å². The van der Waals surface area contributed by atoms with Gasteiger partial charge in [-0.25, -0.2) is 14.2 Å². The minimum atomic E-state index is -0.649. The van der Waals surface area contributed by atoms with Crippen molar-refractivity contribution in [2.24, 2.45) is 0 Å². The number of nitrogens with one attached hydrogen (secondary N) is 2. The van der Waals surface area contributed by atoms with Crippen molar-refractivity contribution in [1.29, 1.82) is 0 Å². The maximum Gasteiger partial charge on any atom is 0.323 e. The van der Waals surface area contributed by atoms with Crippen molar-refractivity contribution in [2.45, 2.75) is 20.4 Å². The monoisotopic (exact) mass is 466 g/mol. The van der Waals surface area contributed by atoms with Gasteiger partial charge >= 0.3 is 6.03 Å². The number of carbonyl (C=O) groups is 1. The Kier molecular flexibility index (Phi) is 5.97. The van der Waals surface area contributed by atoms with E-state index in [4.69, 9.17) is 17.3 Å². The lowest BCUT2D eigenvalue weighted by Crippen LogP contribution is -2.23. The van der Waals surface area contributed by atoms with E-state index in [1.165, 1.54) is 29.0 Å². The number of nitrogens with zero attached hydrogens (tertiary/aromatic N) is 3. The molecule has 4 N–H and O–H groups in total. The number of amides is 2. The van der Waals surface area contributed by atoms with Crippen LogP contribution in [0.4, 0.5) is 26.5 Å². The molecule has 168 valence electrons. The summed E-state index contributed by atoms with van der Waals surface area (Å²) in [6.45, 7) is 3.97. The number of urea groups is 1. The number of anilines is 3. The molecule has 10 heteroatoms. The molecule has 2 aromatic heterocycles. The molecule has 0 atom stereocenters. The van der Waals surface area contributed by atoms with Gasteiger partial charge in [-0.3, -0.25) is 9.36 Å². The normalized spacial score (nSPS) is 10.9. The molecule has 0 fully saturated rings. The summed E-state index contributed by atoms with van der Waals surface area (Å²) in [6, 6.07) is 10.1. The van der Waals surface area contributed by atoms with E-state index in [0.29, 0.717) is 39.4 Å². The van der Waals surface area contributed by atoms with Gasteiger partial charge in [0.05, 0.1) is 5.69 Å². The number of hydrogen-bond acceptors (Lipinski definition) is 5. The Hall–Kier alpha value is -3.98. The molecule has 2 heterocycles. The molecule has 4 aromatic rings. The summed E-state index contributed by atoms with van der Waals surface area (Å²) in [5.41, 5.74) is 7.71. The zero-order valence-corrected chi connectivity index (χ0v) is 18.6. The number of hydrogen-bond donors (Lipinski definition) is 3. The largest absolute Gasteiger partial charge is 0.368 e. The van der Waals surface area contributed by atoms with Crippen molar-refractivity contribution in [3.63, 3.8) is 0 Å². The number of rotatable bonds is 4. The van der Waals surface area contributed by atoms with Crippen molar-refractivity contribution in [2.75, 3.05) is 16.4 Å². The van der Waals surface area contributed by atoms with E-state index in [1.807, 2.05) is 13.8 Å². The number of aryl methyl sites for hydroxylation is 2. The smallest absolute Gasteiger partial charge is 0.323 e. The molecule has 33 heavy (non-hydrogen) atoms. The average molecular weight is 467 g/mol. The highest BCUT2D eigenvalue weighted by Crippen LogP contribution is 2.26. The molecule has 2 amide bonds. The quantitative estimate of drug-likeness (QED) is 0.399. The lowest BCUT2D eigenvalue weighted by atomic mass is 10.0. The number of nitrogen functional groups attached to an aromatic ring is 1. The van der Waals surface area contributed by atoms with Crippen molar-refractivity contribution in [3.05, 3.63) is 75.4 Å². The number of halogens is 2. The topological polar surface area (TPSA) is 115 Å². The lowest BCUT2D eigenvalue weighted by Gasteiger charge is -2.13. The first-order chi connectivity index (χ1) is 15.8. The van der Waals surface area contributed by atoms with Gasteiger partial charge in [0, 0.05) is 34.4 Å². The van der Waals surface area contributed by atoms with Crippen LogP contribution in [0.15, 0.2) is 53.5 Å². The Morgan fingerprint density at radius 3 is 2.67 bits per heavy atom. The second-order valence-corrected chi connectivity index (χ2v) is 7.78. The van der Waals surface area contributed by atoms with E-state index in [1.54, 1.807) is 24.3 Å². The zero-order chi connectivity index (χ0) is 23.7. The highest BCUT2D eigenvalue weighted by atomic mass is 35.5. The number of benzene rings is 2. The van der Waals surface area contributed by atoms with Gasteiger partial charge in [0.25, 0.3) is 5.56 Å². The van der Waals surface area contributed by atoms with Crippen LogP contribution in [0, 0.1) is 12.7 Å². The van der Waals surface area contributed by atoms with Crippen LogP contribution in [-0.4, -0.2) is 20.6 Å². The van der Waals surface area contributed by atoms with Crippen LogP contribution in [0.25, 0.3) is 22.2 Å². The predicted octanol–water partition coefficient (Wildman–Crippen LogP) is 4.81. The minimum Gasteiger partial charge on any atom is -0.368 e. The Morgan fingerprint density at radius 2 is 1.91 bits per heavy atom. The molecule has 0 bridgehead atoms. The highest BCUT2D eigenvalue weighted by Gasteiger charge is 2.15. The molecule has 0 radical (unpaired) electrons. The number of pyridine rings is 1. The molecular weight excluding hydrogens is 447 g/mol. The van der Waals surface area contributed by atoms with Gasteiger partial charge in [0.1, 0.15) is 11.5 Å². The molecule has 0 aliphatic heterocycles. The highest BCUT2D eigenvalue weighted by molar-refractivity contribution is 6.31. The van der Waals surface area contributed by atoms with Crippen LogP contribution in [0.1, 0.15) is 12.5 Å². The summed E-state index contributed by atoms with van der Waals surface area (Å²) in [5, 5.41) is 6.20. The van der Waals surface area contributed by atoms with E-state index in [2.05, 4.69) is 20.6 Å². The SMILES string of the molecule is CCn1c(=O)c(-c2ccc(F)c(NC(=O)Nc3cc(Cl)ccc3C)c2)cc2cnc(N)nc21. The molecule has 0 spiro atoms. The second kappa shape index (κ2) is 8.87. The van der Waals surface area contributed by atoms with Crippen molar-refractivity contribution in [1.82, 2.24) is 14.5 Å². The van der Waals surface area contributed by atoms with E-state index in [0.717, 1.165) is 5.56 Å². The molecule has 0 aliphatic rings. The zero-order valence-electron chi connectivity index (χ0n) is 17.8. The molecule has 0 saturated heterocycles. The van der Waals surface area contributed by atoms with Crippen LogP contribution in [0.3, 0.4) is 0 Å². The Morgan fingerprint density at radius 1 is 1.15 bits per heavy atom. The van der Waals surface area contributed by atoms with Crippen LogP contribution >= 0.6 is 11.6 Å². The molecule has 0 unspecified atom stereocenters. The van der Waals surface area contributed by atoms with Crippen molar-refractivity contribution < 1.29 is 9.18 Å². The second-order valence-electron chi connectivity index (χ2n) is 7.35. The fourth-order valence-electron chi connectivity index (χ4n) is 3.47. The molecule has 4 rings (SSSR count). The summed E-state index contributed by atoms with van der Waals surface area (Å²) in [5.74, 6) is -0.587. The fourth-order valence-corrected chi connectivity index (χ4v) is 3.64. The fraction of sp³-hybridized carbons (Fsp3) is 0.130. The molecule has 0 aliphatic carbocycles. The Labute approximate surface area is 193 Å². The van der Waals surface area contributed by atoms with Gasteiger partial charge in [-0.05, 0) is 55.3 Å². The average Bonchev–Trinajstić information content (AvgIpc) is 2.77. The molecular formula is C23H20ClFN6O2. The summed E-state index contributed by atoms with van der Waals surface area (Å²) in [6.07, 6.45) is 1.52. The predicted molar refractivity (Wildman–Crippen MR) is 128 cm³/mol. The van der Waals surface area contributed by atoms with E-state index in [9.17, 15) is 14.0 Å². The summed E-state index contributed by atoms with van der Waals surface area (Å²) >= 11 is 5.98. The van der Waals surface area contributed by atoms with E-state index >= 15 is 0 Å². The number of aromatic nitrogens is 3. The maximum atomic E-state index is 14.5. The van der Waals surface area contributed by atoms with Gasteiger partial charge in [-0.2, -0.15) is 4.98 Å². The number of nitrogens with two attached hydrogens (primary N) is 1. The first-order valence-corrected chi connectivity index (χ1v) is 10.4. The van der Waals surface area contributed by atoms with Crippen LogP contribution in [0.2, 0.25) is 5.02 Å². The van der Waals surface area contributed by atoms with Crippen molar-refractivity contribution in [3.8, 4) is 11.1 Å². The summed E-state index contributed by atoms with van der Waals surface area (Å²) in [7, 11) is 0. The van der Waals surface area contributed by atoms with Crippen LogP contribution in [0.5, 0.6) is 0 Å². The number of fused-ring (bicyclic) bond motifs is 1. The van der Waals surface area contributed by atoms with Crippen molar-refractivity contribution >= 4 is 46.0 Å². The van der Waals surface area contributed by atoms with Gasteiger partial charge in [-0.15, -0.1) is 0 Å². The third kappa shape index (κ3) is 4.49. The standard InChI is InChI=1S/C23H20ClFN6O2/c1-3-31-20-14(11-27-22(26)30-20)8-16(21(31)32)13-5-7-17(25)19(9-13)29-23(33)28-18-10-15(24)6-4-12(18)2/h4-11H,3H2,1-2H3,(H2,26,27,30)(H2,28,29,33). The van der Waals surface area contributed by atoms with Gasteiger partial charge in [0.15, 0.2) is 0 Å². The Balaban J connectivity index is 1.70. The van der Waals surface area contributed by atoms with E-state index in [-0.39, 0.29) is 17.2 Å². The summed E-state index contributed by atoms with van der Waals surface area (Å²) < 4.78 is 16.0.